The Kier molecular flexibility index (Phi) is 14.9. The molecule has 34 heavy (non-hydrogen) atoms. The summed E-state index contributed by atoms with van der Waals surface area (Å²) in [5.41, 5.74) is 2.94. The number of carbonyl (C=O) groups excluding carboxylic acids is 2. The molecule has 2 fully saturated rings. The van der Waals surface area contributed by atoms with Gasteiger partial charge in [0.2, 0.25) is 0 Å². The number of allylic oxidation sites excluding steroid dienone is 4. The highest BCUT2D eigenvalue weighted by molar-refractivity contribution is 5.69. The van der Waals surface area contributed by atoms with Crippen LogP contribution >= 0.6 is 0 Å². The minimum absolute atomic E-state index is 0.0908. The molecule has 2 heterocycles. The topological polar surface area (TPSA) is 77.7 Å². The van der Waals surface area contributed by atoms with Crippen LogP contribution in [0, 0.1) is 0 Å². The molecular weight excluding hydrogens is 432 g/mol. The minimum atomic E-state index is -0.0908. The molecule has 0 aromatic rings. The highest BCUT2D eigenvalue weighted by Gasteiger charge is 2.24. The Labute approximate surface area is 206 Å². The molecule has 6 heteroatoms. The van der Waals surface area contributed by atoms with Crippen molar-refractivity contribution in [3.63, 3.8) is 0 Å². The molecule has 2 atom stereocenters. The molecule has 0 aromatic heterocycles. The van der Waals surface area contributed by atoms with Crippen LogP contribution in [-0.4, -0.2) is 50.6 Å². The van der Waals surface area contributed by atoms with Crippen LogP contribution in [0.2, 0.25) is 0 Å². The van der Waals surface area contributed by atoms with Gasteiger partial charge in [0.1, 0.15) is 25.4 Å². The van der Waals surface area contributed by atoms with E-state index in [0.29, 0.717) is 26.1 Å². The summed E-state index contributed by atoms with van der Waals surface area (Å²) in [6, 6.07) is 0. The van der Waals surface area contributed by atoms with Crippen LogP contribution in [-0.2, 0) is 28.5 Å². The van der Waals surface area contributed by atoms with Gasteiger partial charge in [-0.05, 0) is 65.2 Å². The third-order valence-electron chi connectivity index (χ3n) is 6.23. The maximum absolute atomic E-state index is 11.6. The van der Waals surface area contributed by atoms with Gasteiger partial charge in [-0.15, -0.1) is 0 Å². The van der Waals surface area contributed by atoms with Crippen molar-refractivity contribution in [1.82, 2.24) is 0 Å². The van der Waals surface area contributed by atoms with E-state index in [-0.39, 0.29) is 24.1 Å². The third kappa shape index (κ3) is 16.9. The fraction of sp³-hybridized carbons (Fsp3) is 0.786. The van der Waals surface area contributed by atoms with Gasteiger partial charge in [0.25, 0.3) is 0 Å². The van der Waals surface area contributed by atoms with Gasteiger partial charge in [-0.3, -0.25) is 9.59 Å². The zero-order chi connectivity index (χ0) is 24.4. The normalized spacial score (nSPS) is 19.7. The number of unbranched alkanes of at least 4 members (excludes halogenated alkanes) is 8. The Morgan fingerprint density at radius 2 is 1.03 bits per heavy atom. The number of hydrogen-bond donors (Lipinski definition) is 0. The number of hydrogen-bond acceptors (Lipinski definition) is 6. The summed E-state index contributed by atoms with van der Waals surface area (Å²) in [7, 11) is 0. The smallest absolute Gasteiger partial charge is 0.305 e. The van der Waals surface area contributed by atoms with E-state index in [1.807, 2.05) is 0 Å². The lowest BCUT2D eigenvalue weighted by molar-refractivity contribution is -0.145. The summed E-state index contributed by atoms with van der Waals surface area (Å²) in [4.78, 5) is 23.1. The molecule has 2 unspecified atom stereocenters. The number of rotatable bonds is 21. The highest BCUT2D eigenvalue weighted by atomic mass is 16.6. The summed E-state index contributed by atoms with van der Waals surface area (Å²) in [5.74, 6) is -0.182. The minimum Gasteiger partial charge on any atom is -0.463 e. The molecule has 6 nitrogen and oxygen atoms in total. The maximum atomic E-state index is 11.6. The van der Waals surface area contributed by atoms with Crippen LogP contribution in [0.3, 0.4) is 0 Å². The van der Waals surface area contributed by atoms with Crippen molar-refractivity contribution < 1.29 is 28.5 Å². The molecule has 2 aliphatic rings. The van der Waals surface area contributed by atoms with E-state index in [4.69, 9.17) is 18.9 Å². The van der Waals surface area contributed by atoms with E-state index in [0.717, 1.165) is 64.6 Å². The summed E-state index contributed by atoms with van der Waals surface area (Å²) < 4.78 is 20.3. The molecule has 0 radical (unpaired) electrons. The van der Waals surface area contributed by atoms with Gasteiger partial charge >= 0.3 is 11.9 Å². The van der Waals surface area contributed by atoms with Crippen molar-refractivity contribution >= 4 is 11.9 Å². The second kappa shape index (κ2) is 17.7. The van der Waals surface area contributed by atoms with Gasteiger partial charge < -0.3 is 18.9 Å². The Bertz CT molecular complexity index is 589. The molecule has 2 aliphatic heterocycles. The molecular formula is C28H46O6. The predicted octanol–water partition coefficient (Wildman–Crippen LogP) is 6.22. The molecule has 2 rings (SSSR count). The van der Waals surface area contributed by atoms with E-state index >= 15 is 0 Å². The first kappa shape index (κ1) is 28.6. The summed E-state index contributed by atoms with van der Waals surface area (Å²) >= 11 is 0. The monoisotopic (exact) mass is 478 g/mol. The fourth-order valence-electron chi connectivity index (χ4n) is 3.67. The molecule has 2 saturated heterocycles. The number of ether oxygens (including phenoxy) is 4. The van der Waals surface area contributed by atoms with Crippen molar-refractivity contribution in [3.05, 3.63) is 23.3 Å². The fourth-order valence-corrected chi connectivity index (χ4v) is 3.67. The molecule has 0 saturated carbocycles. The predicted molar refractivity (Wildman–Crippen MR) is 134 cm³/mol. The number of epoxide rings is 2. The average Bonchev–Trinajstić information content (AvgIpc) is 3.74. The quantitative estimate of drug-likeness (QED) is 0.0843. The third-order valence-corrected chi connectivity index (χ3v) is 6.23. The van der Waals surface area contributed by atoms with E-state index in [1.54, 1.807) is 0 Å². The molecule has 0 N–H and O–H groups in total. The lowest BCUT2D eigenvalue weighted by Gasteiger charge is -2.05. The summed E-state index contributed by atoms with van der Waals surface area (Å²) in [6.45, 7) is 6.78. The van der Waals surface area contributed by atoms with Crippen LogP contribution in [0.4, 0.5) is 0 Å². The summed E-state index contributed by atoms with van der Waals surface area (Å²) in [5, 5.41) is 0. The molecule has 0 bridgehead atoms. The first-order chi connectivity index (χ1) is 16.5. The molecule has 0 spiro atoms. The largest absolute Gasteiger partial charge is 0.463 e. The van der Waals surface area contributed by atoms with Gasteiger partial charge in [-0.1, -0.05) is 49.0 Å². The van der Waals surface area contributed by atoms with Gasteiger partial charge in [-0.2, -0.15) is 0 Å². The van der Waals surface area contributed by atoms with Crippen molar-refractivity contribution in [2.75, 3.05) is 26.4 Å². The van der Waals surface area contributed by atoms with E-state index in [9.17, 15) is 9.59 Å². The van der Waals surface area contributed by atoms with Crippen LogP contribution in [0.25, 0.3) is 0 Å². The zero-order valence-corrected chi connectivity index (χ0v) is 21.5. The van der Waals surface area contributed by atoms with Crippen LogP contribution in [0.15, 0.2) is 23.3 Å². The lowest BCUT2D eigenvalue weighted by Crippen LogP contribution is -2.09. The first-order valence-corrected chi connectivity index (χ1v) is 13.4. The lowest BCUT2D eigenvalue weighted by atomic mass is 10.0. The molecule has 0 aromatic carbocycles. The van der Waals surface area contributed by atoms with Crippen molar-refractivity contribution in [3.8, 4) is 0 Å². The standard InChI is InChI=1S/C28H46O6/c1-23(13-9-5-3-7-11-15-27(29)33-21-25-19-31-25)17-18-24(2)14-10-6-4-8-12-16-28(30)34-22-26-20-32-26/h13-14,25-26H,3-12,15-22H2,1-2H3. The van der Waals surface area contributed by atoms with Gasteiger partial charge in [0.05, 0.1) is 13.2 Å². The summed E-state index contributed by atoms with van der Waals surface area (Å²) in [6.07, 6.45) is 19.3. The SMILES string of the molecule is CC(=CCCCCCCC(=O)OCC1CO1)CCC(C)=CCCCCCCC(=O)OCC1CO1. The Hall–Kier alpha value is -1.66. The van der Waals surface area contributed by atoms with Crippen LogP contribution < -0.4 is 0 Å². The maximum Gasteiger partial charge on any atom is 0.305 e. The Morgan fingerprint density at radius 1 is 0.647 bits per heavy atom. The molecule has 0 aliphatic carbocycles. The van der Waals surface area contributed by atoms with Crippen molar-refractivity contribution in [2.24, 2.45) is 0 Å². The average molecular weight is 479 g/mol. The molecule has 194 valence electrons. The molecule has 0 amide bonds. The van der Waals surface area contributed by atoms with E-state index in [2.05, 4.69) is 26.0 Å². The second-order valence-corrected chi connectivity index (χ2v) is 9.78. The highest BCUT2D eigenvalue weighted by Crippen LogP contribution is 2.16. The van der Waals surface area contributed by atoms with Gasteiger partial charge in [0, 0.05) is 12.8 Å². The van der Waals surface area contributed by atoms with Crippen molar-refractivity contribution in [2.45, 2.75) is 116 Å². The van der Waals surface area contributed by atoms with Crippen LogP contribution in [0.5, 0.6) is 0 Å². The van der Waals surface area contributed by atoms with Gasteiger partial charge in [0.15, 0.2) is 0 Å². The van der Waals surface area contributed by atoms with E-state index < -0.39 is 0 Å². The zero-order valence-electron chi connectivity index (χ0n) is 21.5. The second-order valence-electron chi connectivity index (χ2n) is 9.78. The first-order valence-electron chi connectivity index (χ1n) is 13.4. The Balaban J connectivity index is 1.35. The Morgan fingerprint density at radius 3 is 1.41 bits per heavy atom. The number of esters is 2. The van der Waals surface area contributed by atoms with E-state index in [1.165, 1.54) is 36.8 Å². The van der Waals surface area contributed by atoms with Crippen molar-refractivity contribution in [1.29, 1.82) is 0 Å². The van der Waals surface area contributed by atoms with Gasteiger partial charge in [-0.25, -0.2) is 0 Å². The van der Waals surface area contributed by atoms with Crippen LogP contribution in [0.1, 0.15) is 104 Å². The number of carbonyl (C=O) groups is 2.